The van der Waals surface area contributed by atoms with Crippen molar-refractivity contribution in [1.29, 1.82) is 0 Å². The highest BCUT2D eigenvalue weighted by atomic mass is 32.2. The van der Waals surface area contributed by atoms with Crippen LogP contribution in [0.2, 0.25) is 0 Å². The summed E-state index contributed by atoms with van der Waals surface area (Å²) < 4.78 is 16.7. The fourth-order valence-electron chi connectivity index (χ4n) is 2.72. The van der Waals surface area contributed by atoms with Gasteiger partial charge < -0.3 is 14.2 Å². The summed E-state index contributed by atoms with van der Waals surface area (Å²) in [6.07, 6.45) is 0.366. The van der Waals surface area contributed by atoms with Gasteiger partial charge in [-0.05, 0) is 71.1 Å². The zero-order chi connectivity index (χ0) is 25.4. The van der Waals surface area contributed by atoms with Crippen LogP contribution in [0.1, 0.15) is 52.7 Å². The molecular weight excluding hydrogens is 452 g/mol. The van der Waals surface area contributed by atoms with Gasteiger partial charge in [0.2, 0.25) is 0 Å². The van der Waals surface area contributed by atoms with Crippen molar-refractivity contribution in [2.75, 3.05) is 6.26 Å². The Morgan fingerprint density at radius 1 is 0.853 bits per heavy atom. The van der Waals surface area contributed by atoms with Crippen LogP contribution in [0, 0.1) is 0 Å². The Kier molecular flexibility index (Phi) is 9.55. The number of carbonyl (C=O) groups excluding carboxylic acids is 2. The molecule has 7 nitrogen and oxygen atoms in total. The summed E-state index contributed by atoms with van der Waals surface area (Å²) in [7, 11) is 0. The normalized spacial score (nSPS) is 12.1. The number of benzene rings is 2. The van der Waals surface area contributed by atoms with Gasteiger partial charge in [0.1, 0.15) is 23.6 Å². The van der Waals surface area contributed by atoms with Gasteiger partial charge in [0.25, 0.3) is 0 Å². The molecule has 0 spiro atoms. The smallest absolute Gasteiger partial charge is 0.436 e. The average molecular weight is 487 g/mol. The van der Waals surface area contributed by atoms with Crippen LogP contribution >= 0.6 is 11.8 Å². The van der Waals surface area contributed by atoms with Crippen molar-refractivity contribution < 1.29 is 23.8 Å². The Bertz CT molecular complexity index is 977. The molecule has 2 aromatic rings. The van der Waals surface area contributed by atoms with E-state index >= 15 is 0 Å². The predicted octanol–water partition coefficient (Wildman–Crippen LogP) is 6.66. The summed E-state index contributed by atoms with van der Waals surface area (Å²) in [5.41, 5.74) is 0.491. The van der Waals surface area contributed by atoms with Crippen molar-refractivity contribution in [2.45, 2.75) is 65.9 Å². The van der Waals surface area contributed by atoms with E-state index < -0.39 is 23.4 Å². The first-order valence-corrected chi connectivity index (χ1v) is 12.2. The molecule has 0 fully saturated rings. The first-order chi connectivity index (χ1) is 15.9. The predicted molar refractivity (Wildman–Crippen MR) is 136 cm³/mol. The van der Waals surface area contributed by atoms with Crippen molar-refractivity contribution in [1.82, 2.24) is 4.90 Å². The van der Waals surface area contributed by atoms with Gasteiger partial charge in [0, 0.05) is 0 Å². The third-order valence-electron chi connectivity index (χ3n) is 4.12. The van der Waals surface area contributed by atoms with Crippen LogP contribution in [0.5, 0.6) is 5.75 Å². The Labute approximate surface area is 206 Å². The standard InChI is InChI=1S/C26H34N2O5S/c1-25(2,3)32-23(29)27-22(34-7)28(24(30)33-26(4,5)6)17-19-13-15-21(16-14-19)31-18-20-11-9-8-10-12-20/h8-16H,17-18H2,1-7H3/b27-22+. The fourth-order valence-corrected chi connectivity index (χ4v) is 3.25. The number of amidine groups is 1. The van der Waals surface area contributed by atoms with Crippen molar-refractivity contribution in [2.24, 2.45) is 4.99 Å². The van der Waals surface area contributed by atoms with Gasteiger partial charge in [-0.1, -0.05) is 54.2 Å². The van der Waals surface area contributed by atoms with Gasteiger partial charge >= 0.3 is 12.2 Å². The van der Waals surface area contributed by atoms with Crippen molar-refractivity contribution >= 4 is 29.1 Å². The van der Waals surface area contributed by atoms with E-state index in [0.29, 0.717) is 12.4 Å². The molecule has 34 heavy (non-hydrogen) atoms. The molecule has 2 aromatic carbocycles. The number of rotatable bonds is 5. The Morgan fingerprint density at radius 2 is 1.44 bits per heavy atom. The van der Waals surface area contributed by atoms with E-state index in [9.17, 15) is 9.59 Å². The van der Waals surface area contributed by atoms with Gasteiger partial charge in [-0.15, -0.1) is 0 Å². The molecule has 0 unspecified atom stereocenters. The number of thioether (sulfide) groups is 1. The lowest BCUT2D eigenvalue weighted by atomic mass is 10.2. The van der Waals surface area contributed by atoms with Crippen LogP contribution in [0.15, 0.2) is 59.6 Å². The molecule has 2 rings (SSSR count). The molecule has 0 aliphatic heterocycles. The highest BCUT2D eigenvalue weighted by molar-refractivity contribution is 8.13. The molecule has 8 heteroatoms. The third-order valence-corrected chi connectivity index (χ3v) is 4.80. The Morgan fingerprint density at radius 3 is 1.97 bits per heavy atom. The summed E-state index contributed by atoms with van der Waals surface area (Å²) >= 11 is 1.16. The quantitative estimate of drug-likeness (QED) is 0.347. The monoisotopic (exact) mass is 486 g/mol. The van der Waals surface area contributed by atoms with E-state index in [-0.39, 0.29) is 11.7 Å². The second-order valence-electron chi connectivity index (χ2n) is 9.56. The minimum atomic E-state index is -0.768. The maximum Gasteiger partial charge on any atom is 0.436 e. The second-order valence-corrected chi connectivity index (χ2v) is 10.3. The van der Waals surface area contributed by atoms with Crippen LogP contribution in [0.25, 0.3) is 0 Å². The molecule has 0 atom stereocenters. The molecule has 0 aromatic heterocycles. The largest absolute Gasteiger partial charge is 0.489 e. The molecule has 0 heterocycles. The molecule has 0 saturated heterocycles. The van der Waals surface area contributed by atoms with E-state index in [1.807, 2.05) is 54.6 Å². The highest BCUT2D eigenvalue weighted by Crippen LogP contribution is 2.20. The van der Waals surface area contributed by atoms with E-state index in [4.69, 9.17) is 14.2 Å². The minimum Gasteiger partial charge on any atom is -0.489 e. The molecule has 0 radical (unpaired) electrons. The topological polar surface area (TPSA) is 77.4 Å². The van der Waals surface area contributed by atoms with Gasteiger partial charge in [0.15, 0.2) is 5.17 Å². The summed E-state index contributed by atoms with van der Waals surface area (Å²) in [4.78, 5) is 30.7. The number of aliphatic imine (C=N–C) groups is 1. The third kappa shape index (κ3) is 9.87. The van der Waals surface area contributed by atoms with E-state index in [0.717, 1.165) is 22.9 Å². The summed E-state index contributed by atoms with van der Waals surface area (Å²) in [6.45, 7) is 11.2. The molecule has 0 bridgehead atoms. The summed E-state index contributed by atoms with van der Waals surface area (Å²) in [5.74, 6) is 0.712. The zero-order valence-corrected chi connectivity index (χ0v) is 21.8. The van der Waals surface area contributed by atoms with Crippen LogP contribution < -0.4 is 4.74 Å². The first kappa shape index (κ1) is 27.2. The van der Waals surface area contributed by atoms with Crippen molar-refractivity contribution in [3.63, 3.8) is 0 Å². The SMILES string of the molecule is CS/C(=N/C(=O)OC(C)(C)C)N(Cc1ccc(OCc2ccccc2)cc1)C(=O)OC(C)(C)C. The Balaban J connectivity index is 2.20. The zero-order valence-electron chi connectivity index (χ0n) is 21.0. The lowest BCUT2D eigenvalue weighted by Gasteiger charge is -2.27. The number of ether oxygens (including phenoxy) is 3. The Hall–Kier alpha value is -3.00. The average Bonchev–Trinajstić information content (AvgIpc) is 2.73. The molecule has 2 amide bonds. The number of carbonyl (C=O) groups is 2. The van der Waals surface area contributed by atoms with Gasteiger partial charge in [-0.2, -0.15) is 4.99 Å². The van der Waals surface area contributed by atoms with Crippen LogP contribution in [-0.4, -0.2) is 39.7 Å². The molecule has 184 valence electrons. The molecular formula is C26H34N2O5S. The van der Waals surface area contributed by atoms with Gasteiger partial charge in [-0.25, -0.2) is 9.59 Å². The molecule has 0 aliphatic rings. The van der Waals surface area contributed by atoms with E-state index in [1.54, 1.807) is 47.8 Å². The van der Waals surface area contributed by atoms with Crippen LogP contribution in [0.4, 0.5) is 9.59 Å². The summed E-state index contributed by atoms with van der Waals surface area (Å²) in [5, 5.41) is 0.188. The number of amides is 2. The minimum absolute atomic E-state index is 0.163. The van der Waals surface area contributed by atoms with Gasteiger partial charge in [-0.3, -0.25) is 4.90 Å². The number of hydrogen-bond acceptors (Lipinski definition) is 6. The fraction of sp³-hybridized carbons (Fsp3) is 0.423. The second kappa shape index (κ2) is 11.9. The molecule has 0 aliphatic carbocycles. The van der Waals surface area contributed by atoms with Crippen LogP contribution in [-0.2, 0) is 22.6 Å². The van der Waals surface area contributed by atoms with Crippen molar-refractivity contribution in [3.8, 4) is 5.75 Å². The first-order valence-electron chi connectivity index (χ1n) is 11.0. The summed E-state index contributed by atoms with van der Waals surface area (Å²) in [6, 6.07) is 17.3. The van der Waals surface area contributed by atoms with Crippen molar-refractivity contribution in [3.05, 3.63) is 65.7 Å². The number of hydrogen-bond donors (Lipinski definition) is 0. The maximum absolute atomic E-state index is 13.0. The number of nitrogens with zero attached hydrogens (tertiary/aromatic N) is 2. The van der Waals surface area contributed by atoms with Gasteiger partial charge in [0.05, 0.1) is 6.54 Å². The lowest BCUT2D eigenvalue weighted by Crippen LogP contribution is -2.39. The van der Waals surface area contributed by atoms with Crippen LogP contribution in [0.3, 0.4) is 0 Å². The molecule has 0 N–H and O–H groups in total. The maximum atomic E-state index is 13.0. The highest BCUT2D eigenvalue weighted by Gasteiger charge is 2.27. The van der Waals surface area contributed by atoms with E-state index in [1.165, 1.54) is 4.90 Å². The van der Waals surface area contributed by atoms with E-state index in [2.05, 4.69) is 4.99 Å². The molecule has 0 saturated carbocycles. The lowest BCUT2D eigenvalue weighted by molar-refractivity contribution is 0.0363.